The van der Waals surface area contributed by atoms with E-state index in [1.807, 2.05) is 0 Å². The summed E-state index contributed by atoms with van der Waals surface area (Å²) in [6.45, 7) is 0. The molecule has 0 aliphatic carbocycles. The van der Waals surface area contributed by atoms with Crippen LogP contribution in [0.4, 0.5) is 17.1 Å². The number of para-hydroxylation sites is 1. The number of fused-ring (bicyclic) bond motifs is 7. The summed E-state index contributed by atoms with van der Waals surface area (Å²) in [7, 11) is 0. The molecule has 1 aliphatic rings. The minimum Gasteiger partial charge on any atom is -0.456 e. The van der Waals surface area contributed by atoms with Crippen molar-refractivity contribution in [3.05, 3.63) is 187 Å². The van der Waals surface area contributed by atoms with Crippen LogP contribution in [0.2, 0.25) is 0 Å². The molecular formula is C46H31NO. The zero-order chi connectivity index (χ0) is 58.8. The van der Waals surface area contributed by atoms with E-state index in [4.69, 9.17) is 34.9 Å². The molecule has 48 heavy (non-hydrogen) atoms. The Balaban J connectivity index is 1.43. The maximum Gasteiger partial charge on any atom is 0.137 e. The normalized spacial score (nSPS) is 20.5. The molecule has 8 aromatic carbocycles. The van der Waals surface area contributed by atoms with Crippen molar-refractivity contribution in [1.82, 2.24) is 0 Å². The quantitative estimate of drug-likeness (QED) is 0.185. The first-order valence-corrected chi connectivity index (χ1v) is 13.8. The Morgan fingerprint density at radius 1 is 0.375 bits per heavy atom. The molecule has 0 radical (unpaired) electrons. The highest BCUT2D eigenvalue weighted by Gasteiger charge is 2.24. The highest BCUT2D eigenvalue weighted by molar-refractivity contribution is 6.05. The standard InChI is InChI=1S/C46H31NO/c1-3-11-32(12-4-1)33-19-21-34(22-20-33)35-23-26-38(27-24-35)47(37-14-5-2-6-15-37)39-28-29-42-41-17-9-10-18-43(41)46-40-16-8-7-13-36(40)25-30-44(46)48-45(42)31-39/h1-31H/i1D,2D,3D,4D,5D,6D,7D,8D,9D,10D,11D,12D,13D,14D,15D,16D,17D,18D,19D,20D,21D,22D,23D,24D,25D,26D,27D,28D,29D,30D,31D. The van der Waals surface area contributed by atoms with Gasteiger partial charge in [-0.3, -0.25) is 0 Å². The van der Waals surface area contributed by atoms with Crippen molar-refractivity contribution >= 4 is 27.8 Å². The van der Waals surface area contributed by atoms with Gasteiger partial charge in [0.05, 0.1) is 42.5 Å². The van der Waals surface area contributed by atoms with Gasteiger partial charge < -0.3 is 9.64 Å². The fourth-order valence-corrected chi connectivity index (χ4v) is 4.91. The highest BCUT2D eigenvalue weighted by Crippen LogP contribution is 2.50. The van der Waals surface area contributed by atoms with Gasteiger partial charge >= 0.3 is 0 Å². The van der Waals surface area contributed by atoms with Gasteiger partial charge in [0.1, 0.15) is 11.5 Å². The van der Waals surface area contributed by atoms with Crippen LogP contribution >= 0.6 is 0 Å². The number of hydrogen-bond acceptors (Lipinski definition) is 2. The van der Waals surface area contributed by atoms with Gasteiger partial charge in [0.15, 0.2) is 0 Å². The van der Waals surface area contributed by atoms with Crippen LogP contribution in [0, 0.1) is 0 Å². The Kier molecular flexibility index (Phi) is 2.59. The molecule has 8 aromatic rings. The molecular weight excluding hydrogens is 583 g/mol. The van der Waals surface area contributed by atoms with E-state index in [1.54, 1.807) is 0 Å². The van der Waals surface area contributed by atoms with Crippen LogP contribution in [0.15, 0.2) is 187 Å². The Bertz CT molecular complexity index is 4080. The summed E-state index contributed by atoms with van der Waals surface area (Å²) in [6, 6.07) is -32.4. The van der Waals surface area contributed by atoms with E-state index in [1.165, 1.54) is 0 Å². The molecule has 9 rings (SSSR count). The molecule has 0 saturated heterocycles. The third-order valence-electron chi connectivity index (χ3n) is 7.02. The van der Waals surface area contributed by atoms with Crippen molar-refractivity contribution in [3.8, 4) is 56.0 Å². The molecule has 2 nitrogen and oxygen atoms in total. The predicted molar refractivity (Wildman–Crippen MR) is 200 cm³/mol. The smallest absolute Gasteiger partial charge is 0.137 e. The van der Waals surface area contributed by atoms with Gasteiger partial charge in [-0.2, -0.15) is 0 Å². The molecule has 0 amide bonds. The number of ether oxygens (including phenoxy) is 1. The van der Waals surface area contributed by atoms with E-state index in [0.29, 0.717) is 4.90 Å². The first kappa shape index (κ1) is 10.6. The summed E-state index contributed by atoms with van der Waals surface area (Å²) in [5.41, 5.74) is -9.81. The van der Waals surface area contributed by atoms with Crippen LogP contribution in [0.1, 0.15) is 42.5 Å². The summed E-state index contributed by atoms with van der Waals surface area (Å²) < 4.78 is 282. The molecule has 0 saturated carbocycles. The first-order chi connectivity index (χ1) is 36.7. The second kappa shape index (κ2) is 11.8. The zero-order valence-electron chi connectivity index (χ0n) is 54.9. The molecule has 0 bridgehead atoms. The van der Waals surface area contributed by atoms with Gasteiger partial charge in [-0.05, 0) is 86.5 Å². The number of hydrogen-bond donors (Lipinski definition) is 0. The molecule has 0 spiro atoms. The second-order valence-corrected chi connectivity index (χ2v) is 9.77. The van der Waals surface area contributed by atoms with Crippen molar-refractivity contribution in [2.24, 2.45) is 0 Å². The average Bonchev–Trinajstić information content (AvgIpc) is 3.85. The van der Waals surface area contributed by atoms with Gasteiger partial charge in [0.25, 0.3) is 0 Å². The number of nitrogens with zero attached hydrogens (tertiary/aromatic N) is 1. The number of benzene rings is 8. The largest absolute Gasteiger partial charge is 0.456 e. The van der Waals surface area contributed by atoms with Crippen molar-refractivity contribution in [3.63, 3.8) is 0 Å². The first-order valence-electron chi connectivity index (χ1n) is 29.3. The molecule has 0 atom stereocenters. The fourth-order valence-electron chi connectivity index (χ4n) is 4.91. The maximum atomic E-state index is 9.88. The Hall–Kier alpha value is -6.38. The van der Waals surface area contributed by atoms with Gasteiger partial charge in [0.2, 0.25) is 0 Å². The minimum atomic E-state index is -1.30. The van der Waals surface area contributed by atoms with Crippen molar-refractivity contribution in [1.29, 1.82) is 0 Å². The van der Waals surface area contributed by atoms with Crippen LogP contribution in [-0.4, -0.2) is 0 Å². The second-order valence-electron chi connectivity index (χ2n) is 9.77. The van der Waals surface area contributed by atoms with E-state index in [2.05, 4.69) is 0 Å². The van der Waals surface area contributed by atoms with Gasteiger partial charge in [-0.1, -0.05) is 139 Å². The summed E-state index contributed by atoms with van der Waals surface area (Å²) in [4.78, 5) is 0.314. The molecule has 2 heteroatoms. The van der Waals surface area contributed by atoms with Crippen molar-refractivity contribution < 1.29 is 47.2 Å². The van der Waals surface area contributed by atoms with Crippen LogP contribution in [-0.2, 0) is 0 Å². The number of rotatable bonds is 5. The fraction of sp³-hybridized carbons (Fsp3) is 0. The summed E-state index contributed by atoms with van der Waals surface area (Å²) in [5, 5.41) is -1.22. The molecule has 0 fully saturated rings. The van der Waals surface area contributed by atoms with Gasteiger partial charge in [0, 0.05) is 34.2 Å². The molecule has 0 unspecified atom stereocenters. The monoisotopic (exact) mass is 644 g/mol. The van der Waals surface area contributed by atoms with Crippen LogP contribution in [0.3, 0.4) is 0 Å². The third-order valence-corrected chi connectivity index (χ3v) is 7.02. The van der Waals surface area contributed by atoms with E-state index in [-0.39, 0.29) is 0 Å². The predicted octanol–water partition coefficient (Wildman–Crippen LogP) is 13.1. The number of anilines is 3. The van der Waals surface area contributed by atoms with E-state index in [0.717, 1.165) is 0 Å². The summed E-state index contributed by atoms with van der Waals surface area (Å²) in [5.74, 6) is -1.94. The lowest BCUT2D eigenvalue weighted by Crippen LogP contribution is -2.10. The molecule has 1 heterocycles. The van der Waals surface area contributed by atoms with Crippen molar-refractivity contribution in [2.45, 2.75) is 0 Å². The third kappa shape index (κ3) is 4.92. The van der Waals surface area contributed by atoms with E-state index < -0.39 is 271 Å². The van der Waals surface area contributed by atoms with Crippen LogP contribution in [0.5, 0.6) is 11.5 Å². The molecule has 0 aromatic heterocycles. The molecule has 226 valence electrons. The summed E-state index contributed by atoms with van der Waals surface area (Å²) in [6.07, 6.45) is 0. The van der Waals surface area contributed by atoms with Gasteiger partial charge in [-0.15, -0.1) is 0 Å². The Labute approximate surface area is 324 Å². The maximum absolute atomic E-state index is 9.88. The lowest BCUT2D eigenvalue weighted by atomic mass is 9.91. The molecule has 1 aliphatic heterocycles. The minimum absolute atomic E-state index is 0.314. The zero-order valence-corrected chi connectivity index (χ0v) is 23.9. The topological polar surface area (TPSA) is 12.5 Å². The molecule has 0 N–H and O–H groups in total. The Morgan fingerprint density at radius 2 is 0.917 bits per heavy atom. The SMILES string of the molecule is [2H]c1c([2H])c([2H])c(-c2c([2H])c([2H])c(-c3c([2H])c([2H])c(N(c4c([2H])c([2H])c([2H])c([2H])c4[2H])c4c([2H])c([2H])c5c(c4[2H])Oc4c([2H])c([2H])c6c([2H])c([2H])c([2H])c([2H])c6c4-c4c([2H])c([2H])c([2H])c([2H])c4-5)c([2H])c3[2H])c([2H])c2[2H])c([2H])c1[2H]. The van der Waals surface area contributed by atoms with Gasteiger partial charge in [-0.25, -0.2) is 0 Å². The van der Waals surface area contributed by atoms with E-state index >= 15 is 0 Å². The van der Waals surface area contributed by atoms with E-state index in [9.17, 15) is 12.3 Å². The Morgan fingerprint density at radius 3 is 1.65 bits per heavy atom. The van der Waals surface area contributed by atoms with Crippen molar-refractivity contribution in [2.75, 3.05) is 4.90 Å². The lowest BCUT2D eigenvalue weighted by Gasteiger charge is -2.26. The highest BCUT2D eigenvalue weighted by atomic mass is 16.5. The average molecular weight is 645 g/mol. The van der Waals surface area contributed by atoms with Crippen LogP contribution in [0.25, 0.3) is 55.3 Å². The lowest BCUT2D eigenvalue weighted by molar-refractivity contribution is 0.488. The van der Waals surface area contributed by atoms with Crippen LogP contribution < -0.4 is 9.64 Å². The summed E-state index contributed by atoms with van der Waals surface area (Å²) >= 11 is 0.